The van der Waals surface area contributed by atoms with Crippen molar-refractivity contribution < 1.29 is 4.79 Å². The van der Waals surface area contributed by atoms with Gasteiger partial charge in [0.1, 0.15) is 0 Å². The van der Waals surface area contributed by atoms with Crippen LogP contribution in [0.4, 0.5) is 0 Å². The summed E-state index contributed by atoms with van der Waals surface area (Å²) in [6.07, 6.45) is 0.787. The lowest BCUT2D eigenvalue weighted by atomic mass is 9.78. The molecule has 2 aliphatic rings. The van der Waals surface area contributed by atoms with Gasteiger partial charge >= 0.3 is 0 Å². The number of aryl methyl sites for hydroxylation is 2. The van der Waals surface area contributed by atoms with Gasteiger partial charge in [0.05, 0.1) is 6.17 Å². The summed E-state index contributed by atoms with van der Waals surface area (Å²) in [5, 5.41) is 9.17. The second kappa shape index (κ2) is 9.88. The van der Waals surface area contributed by atoms with E-state index in [1.807, 2.05) is 19.9 Å². The molecule has 190 valence electrons. The van der Waals surface area contributed by atoms with Crippen molar-refractivity contribution >= 4 is 5.91 Å². The molecule has 3 heterocycles. The first kappa shape index (κ1) is 25.6. The van der Waals surface area contributed by atoms with E-state index in [0.29, 0.717) is 11.6 Å². The number of nitrogens with zero attached hydrogens (tertiary/aromatic N) is 1. The van der Waals surface area contributed by atoms with Crippen LogP contribution in [-0.2, 0) is 16.8 Å². The van der Waals surface area contributed by atoms with Crippen LogP contribution in [0.1, 0.15) is 75.0 Å². The molecule has 2 saturated heterocycles. The highest BCUT2D eigenvalue weighted by Gasteiger charge is 2.47. The molecule has 2 aromatic rings. The standard InChI is InChI=1S/C28H41N5O2/c1-16(2)33-25-23(15-30-33)21(26(34)29-14-22-17(3)12-18(4)31-27(22)35)13-24(32-25)19-8-10-20(11-9-19)28(5,6)7/h8-12,16,21,23-25,30,32H,13-15H2,1-7H3,(H,29,34)(H,31,35). The number of hydrogen-bond acceptors (Lipinski definition) is 5. The van der Waals surface area contributed by atoms with Crippen molar-refractivity contribution in [3.05, 3.63) is 68.6 Å². The molecule has 0 spiro atoms. The third-order valence-electron chi connectivity index (χ3n) is 7.60. The van der Waals surface area contributed by atoms with Gasteiger partial charge in [-0.15, -0.1) is 0 Å². The highest BCUT2D eigenvalue weighted by atomic mass is 16.2. The number of hydrogen-bond donors (Lipinski definition) is 4. The molecule has 7 nitrogen and oxygen atoms in total. The molecular weight excluding hydrogens is 438 g/mol. The van der Waals surface area contributed by atoms with E-state index in [-0.39, 0.29) is 47.5 Å². The Morgan fingerprint density at radius 1 is 1.17 bits per heavy atom. The zero-order valence-electron chi connectivity index (χ0n) is 22.2. The fourth-order valence-corrected chi connectivity index (χ4v) is 5.56. The van der Waals surface area contributed by atoms with E-state index < -0.39 is 0 Å². The number of rotatable bonds is 5. The minimum absolute atomic E-state index is 0.0181. The molecule has 4 N–H and O–H groups in total. The fourth-order valence-electron chi connectivity index (χ4n) is 5.56. The van der Waals surface area contributed by atoms with Gasteiger partial charge in [-0.2, -0.15) is 0 Å². The summed E-state index contributed by atoms with van der Waals surface area (Å²) in [5.41, 5.74) is 8.35. The molecule has 0 aliphatic carbocycles. The number of pyridine rings is 1. The van der Waals surface area contributed by atoms with Gasteiger partial charge in [-0.1, -0.05) is 45.0 Å². The van der Waals surface area contributed by atoms with Crippen LogP contribution in [0.25, 0.3) is 0 Å². The van der Waals surface area contributed by atoms with Crippen LogP contribution in [0.3, 0.4) is 0 Å². The van der Waals surface area contributed by atoms with Gasteiger partial charge in [-0.3, -0.25) is 20.3 Å². The van der Waals surface area contributed by atoms with E-state index in [1.165, 1.54) is 11.1 Å². The lowest BCUT2D eigenvalue weighted by molar-refractivity contribution is -0.129. The number of aromatic amines is 1. The SMILES string of the molecule is Cc1cc(C)c(CNC(=O)C2CC(c3ccc(C(C)(C)C)cc3)NC3C2CNN3C(C)C)c(=O)[nH]1. The quantitative estimate of drug-likeness (QED) is 0.528. The maximum absolute atomic E-state index is 13.5. The predicted octanol–water partition coefficient (Wildman–Crippen LogP) is 3.43. The van der Waals surface area contributed by atoms with Gasteiger partial charge in [0.2, 0.25) is 5.91 Å². The number of aromatic nitrogens is 1. The Kier molecular flexibility index (Phi) is 7.23. The number of H-pyrrole nitrogens is 1. The second-order valence-corrected chi connectivity index (χ2v) is 11.6. The number of nitrogens with one attached hydrogen (secondary N) is 4. The predicted molar refractivity (Wildman–Crippen MR) is 140 cm³/mol. The van der Waals surface area contributed by atoms with Crippen molar-refractivity contribution in [2.24, 2.45) is 11.8 Å². The number of carbonyl (C=O) groups excluding carboxylic acids is 1. The van der Waals surface area contributed by atoms with E-state index in [2.05, 4.69) is 84.9 Å². The van der Waals surface area contributed by atoms with Gasteiger partial charge in [0, 0.05) is 48.3 Å². The van der Waals surface area contributed by atoms with Gasteiger partial charge in [0.15, 0.2) is 0 Å². The minimum atomic E-state index is -0.158. The van der Waals surface area contributed by atoms with Crippen LogP contribution in [0, 0.1) is 25.7 Å². The van der Waals surface area contributed by atoms with Gasteiger partial charge < -0.3 is 10.3 Å². The first-order chi connectivity index (χ1) is 16.5. The maximum atomic E-state index is 13.5. The zero-order chi connectivity index (χ0) is 25.5. The molecule has 4 rings (SSSR count). The van der Waals surface area contributed by atoms with Crippen molar-refractivity contribution in [3.63, 3.8) is 0 Å². The van der Waals surface area contributed by atoms with E-state index in [9.17, 15) is 9.59 Å². The Labute approximate surface area is 209 Å². The van der Waals surface area contributed by atoms with Crippen LogP contribution in [-0.4, -0.2) is 34.7 Å². The highest BCUT2D eigenvalue weighted by molar-refractivity contribution is 5.79. The molecule has 2 fully saturated rings. The number of piperidine rings is 1. The topological polar surface area (TPSA) is 89.3 Å². The van der Waals surface area contributed by atoms with Crippen molar-refractivity contribution in [1.82, 2.24) is 26.1 Å². The molecule has 0 bridgehead atoms. The van der Waals surface area contributed by atoms with E-state index in [4.69, 9.17) is 0 Å². The summed E-state index contributed by atoms with van der Waals surface area (Å²) in [6, 6.07) is 11.1. The van der Waals surface area contributed by atoms with Crippen molar-refractivity contribution in [1.29, 1.82) is 0 Å². The molecule has 1 aromatic carbocycles. The Morgan fingerprint density at radius 2 is 1.86 bits per heavy atom. The summed E-state index contributed by atoms with van der Waals surface area (Å²) in [7, 11) is 0. The molecule has 0 saturated carbocycles. The highest BCUT2D eigenvalue weighted by Crippen LogP contribution is 2.38. The summed E-state index contributed by atoms with van der Waals surface area (Å²) < 4.78 is 0. The Morgan fingerprint density at radius 3 is 2.46 bits per heavy atom. The number of amides is 1. The summed E-state index contributed by atoms with van der Waals surface area (Å²) in [6.45, 7) is 15.8. The van der Waals surface area contributed by atoms with Crippen LogP contribution in [0.2, 0.25) is 0 Å². The third-order valence-corrected chi connectivity index (χ3v) is 7.60. The Balaban J connectivity index is 1.56. The van der Waals surface area contributed by atoms with Crippen LogP contribution >= 0.6 is 0 Å². The van der Waals surface area contributed by atoms with Crippen LogP contribution in [0.15, 0.2) is 35.1 Å². The number of benzene rings is 1. The van der Waals surface area contributed by atoms with Gasteiger partial charge in [-0.05, 0) is 62.3 Å². The Hall–Kier alpha value is -2.48. The lowest BCUT2D eigenvalue weighted by Crippen LogP contribution is -2.57. The van der Waals surface area contributed by atoms with Gasteiger partial charge in [-0.25, -0.2) is 5.01 Å². The molecule has 35 heavy (non-hydrogen) atoms. The van der Waals surface area contributed by atoms with E-state index in [0.717, 1.165) is 24.2 Å². The summed E-state index contributed by atoms with van der Waals surface area (Å²) in [4.78, 5) is 28.8. The number of carbonyl (C=O) groups is 1. The van der Waals surface area contributed by atoms with E-state index in [1.54, 1.807) is 0 Å². The van der Waals surface area contributed by atoms with Crippen molar-refractivity contribution in [3.8, 4) is 0 Å². The molecule has 0 radical (unpaired) electrons. The normalized spacial score (nSPS) is 25.0. The monoisotopic (exact) mass is 479 g/mol. The molecule has 2 aliphatic heterocycles. The van der Waals surface area contributed by atoms with Crippen molar-refractivity contribution in [2.45, 2.75) is 85.1 Å². The largest absolute Gasteiger partial charge is 0.352 e. The number of hydrazine groups is 1. The molecular formula is C28H41N5O2. The minimum Gasteiger partial charge on any atom is -0.352 e. The third kappa shape index (κ3) is 5.37. The first-order valence-electron chi connectivity index (χ1n) is 12.8. The maximum Gasteiger partial charge on any atom is 0.253 e. The molecule has 1 aromatic heterocycles. The smallest absolute Gasteiger partial charge is 0.253 e. The fraction of sp³-hybridized carbons (Fsp3) is 0.571. The molecule has 4 unspecified atom stereocenters. The molecule has 1 amide bonds. The average Bonchev–Trinajstić information content (AvgIpc) is 3.21. The van der Waals surface area contributed by atoms with Crippen LogP contribution < -0.4 is 21.6 Å². The van der Waals surface area contributed by atoms with Crippen molar-refractivity contribution in [2.75, 3.05) is 6.54 Å². The van der Waals surface area contributed by atoms with Crippen LogP contribution in [0.5, 0.6) is 0 Å². The van der Waals surface area contributed by atoms with E-state index >= 15 is 0 Å². The Bertz CT molecular complexity index is 1120. The lowest BCUT2D eigenvalue weighted by Gasteiger charge is -2.42. The average molecular weight is 480 g/mol. The zero-order valence-corrected chi connectivity index (χ0v) is 22.2. The summed E-state index contributed by atoms with van der Waals surface area (Å²) in [5.74, 6) is 0.0131. The molecule has 7 heteroatoms. The summed E-state index contributed by atoms with van der Waals surface area (Å²) >= 11 is 0. The number of fused-ring (bicyclic) bond motifs is 1. The second-order valence-electron chi connectivity index (χ2n) is 11.6. The molecule has 4 atom stereocenters. The first-order valence-corrected chi connectivity index (χ1v) is 12.8. The van der Waals surface area contributed by atoms with Gasteiger partial charge in [0.25, 0.3) is 5.56 Å².